The fourth-order valence-corrected chi connectivity index (χ4v) is 1.15. The molecule has 0 aliphatic heterocycles. The maximum Gasteiger partial charge on any atom is 0.0751 e. The standard InChI is InChI=1S/C7H12O/c1-5-3-6(2)7(8)4-5/h4,6-8H,3H2,1-2H3. The molecule has 2 unspecified atom stereocenters. The Kier molecular flexibility index (Phi) is 1.39. The van der Waals surface area contributed by atoms with Gasteiger partial charge in [-0.05, 0) is 19.3 Å². The van der Waals surface area contributed by atoms with E-state index in [2.05, 4.69) is 13.8 Å². The highest BCUT2D eigenvalue weighted by Gasteiger charge is 2.18. The van der Waals surface area contributed by atoms with Gasteiger partial charge < -0.3 is 5.11 Å². The molecule has 0 aromatic rings. The van der Waals surface area contributed by atoms with Crippen LogP contribution in [0.3, 0.4) is 0 Å². The van der Waals surface area contributed by atoms with Crippen LogP contribution in [0.5, 0.6) is 0 Å². The Bertz CT molecular complexity index is 116. The summed E-state index contributed by atoms with van der Waals surface area (Å²) in [5, 5.41) is 9.09. The molecule has 1 heteroatoms. The van der Waals surface area contributed by atoms with Crippen LogP contribution in [0, 0.1) is 5.92 Å². The molecule has 1 nitrogen and oxygen atoms in total. The molecule has 0 aromatic heterocycles. The van der Waals surface area contributed by atoms with E-state index in [9.17, 15) is 0 Å². The molecular formula is C7H12O. The fraction of sp³-hybridized carbons (Fsp3) is 0.714. The van der Waals surface area contributed by atoms with Crippen molar-refractivity contribution in [3.05, 3.63) is 11.6 Å². The Morgan fingerprint density at radius 2 is 2.38 bits per heavy atom. The lowest BCUT2D eigenvalue weighted by molar-refractivity contribution is 0.175. The maximum atomic E-state index is 9.09. The van der Waals surface area contributed by atoms with Gasteiger partial charge in [-0.15, -0.1) is 0 Å². The highest BCUT2D eigenvalue weighted by Crippen LogP contribution is 2.23. The normalized spacial score (nSPS) is 37.6. The van der Waals surface area contributed by atoms with Gasteiger partial charge in [-0.25, -0.2) is 0 Å². The van der Waals surface area contributed by atoms with Crippen molar-refractivity contribution >= 4 is 0 Å². The topological polar surface area (TPSA) is 20.2 Å². The lowest BCUT2D eigenvalue weighted by atomic mass is 10.1. The van der Waals surface area contributed by atoms with Crippen LogP contribution in [-0.4, -0.2) is 11.2 Å². The van der Waals surface area contributed by atoms with Gasteiger partial charge in [0.2, 0.25) is 0 Å². The van der Waals surface area contributed by atoms with Crippen molar-refractivity contribution in [1.82, 2.24) is 0 Å². The van der Waals surface area contributed by atoms with Gasteiger partial charge in [-0.1, -0.05) is 18.6 Å². The van der Waals surface area contributed by atoms with E-state index in [-0.39, 0.29) is 6.10 Å². The Morgan fingerprint density at radius 3 is 2.50 bits per heavy atom. The minimum atomic E-state index is -0.171. The average Bonchev–Trinajstić information content (AvgIpc) is 1.85. The molecule has 0 spiro atoms. The third-order valence-corrected chi connectivity index (χ3v) is 1.68. The van der Waals surface area contributed by atoms with E-state index < -0.39 is 0 Å². The summed E-state index contributed by atoms with van der Waals surface area (Å²) in [6, 6.07) is 0. The van der Waals surface area contributed by atoms with Crippen LogP contribution < -0.4 is 0 Å². The van der Waals surface area contributed by atoms with Crippen LogP contribution >= 0.6 is 0 Å². The molecule has 0 bridgehead atoms. The van der Waals surface area contributed by atoms with Crippen LogP contribution in [0.15, 0.2) is 11.6 Å². The summed E-state index contributed by atoms with van der Waals surface area (Å²) in [7, 11) is 0. The minimum absolute atomic E-state index is 0.171. The molecule has 0 heterocycles. The molecular weight excluding hydrogens is 100 g/mol. The quantitative estimate of drug-likeness (QED) is 0.469. The van der Waals surface area contributed by atoms with Crippen molar-refractivity contribution < 1.29 is 5.11 Å². The number of rotatable bonds is 0. The molecule has 0 saturated heterocycles. The second kappa shape index (κ2) is 1.90. The van der Waals surface area contributed by atoms with E-state index >= 15 is 0 Å². The van der Waals surface area contributed by atoms with Crippen molar-refractivity contribution in [3.63, 3.8) is 0 Å². The SMILES string of the molecule is CC1=CC(O)C(C)C1. The Balaban J connectivity index is 2.56. The van der Waals surface area contributed by atoms with Crippen LogP contribution in [0.2, 0.25) is 0 Å². The molecule has 1 N–H and O–H groups in total. The van der Waals surface area contributed by atoms with Crippen molar-refractivity contribution in [2.45, 2.75) is 26.4 Å². The molecule has 1 rings (SSSR count). The lowest BCUT2D eigenvalue weighted by Crippen LogP contribution is -2.07. The molecule has 0 fully saturated rings. The van der Waals surface area contributed by atoms with Crippen LogP contribution in [0.4, 0.5) is 0 Å². The zero-order valence-corrected chi connectivity index (χ0v) is 5.39. The van der Waals surface area contributed by atoms with E-state index in [4.69, 9.17) is 5.11 Å². The molecule has 8 heavy (non-hydrogen) atoms. The third-order valence-electron chi connectivity index (χ3n) is 1.68. The smallest absolute Gasteiger partial charge is 0.0751 e. The molecule has 0 aromatic carbocycles. The Hall–Kier alpha value is -0.300. The minimum Gasteiger partial charge on any atom is -0.389 e. The third kappa shape index (κ3) is 0.920. The van der Waals surface area contributed by atoms with Gasteiger partial charge in [-0.3, -0.25) is 0 Å². The van der Waals surface area contributed by atoms with Gasteiger partial charge in [0.25, 0.3) is 0 Å². The molecule has 46 valence electrons. The maximum absolute atomic E-state index is 9.09. The highest BCUT2D eigenvalue weighted by molar-refractivity contribution is 5.11. The first kappa shape index (κ1) is 5.83. The molecule has 0 saturated carbocycles. The first-order chi connectivity index (χ1) is 3.70. The Morgan fingerprint density at radius 1 is 1.75 bits per heavy atom. The summed E-state index contributed by atoms with van der Waals surface area (Å²) in [5.41, 5.74) is 1.32. The van der Waals surface area contributed by atoms with Crippen molar-refractivity contribution in [2.75, 3.05) is 0 Å². The summed E-state index contributed by atoms with van der Waals surface area (Å²) < 4.78 is 0. The second-order valence-electron chi connectivity index (χ2n) is 2.69. The summed E-state index contributed by atoms with van der Waals surface area (Å²) >= 11 is 0. The zero-order chi connectivity index (χ0) is 6.15. The monoisotopic (exact) mass is 112 g/mol. The van der Waals surface area contributed by atoms with E-state index in [1.165, 1.54) is 5.57 Å². The summed E-state index contributed by atoms with van der Waals surface area (Å²) in [4.78, 5) is 0. The second-order valence-corrected chi connectivity index (χ2v) is 2.69. The van der Waals surface area contributed by atoms with Gasteiger partial charge >= 0.3 is 0 Å². The van der Waals surface area contributed by atoms with Crippen LogP contribution in [0.1, 0.15) is 20.3 Å². The summed E-state index contributed by atoms with van der Waals surface area (Å²) in [5.74, 6) is 0.454. The average molecular weight is 112 g/mol. The van der Waals surface area contributed by atoms with Gasteiger partial charge in [0.05, 0.1) is 6.10 Å². The van der Waals surface area contributed by atoms with E-state index in [1.54, 1.807) is 0 Å². The summed E-state index contributed by atoms with van der Waals surface area (Å²) in [6.07, 6.45) is 2.83. The Labute approximate surface area is 50.0 Å². The molecule has 0 amide bonds. The van der Waals surface area contributed by atoms with Crippen LogP contribution in [-0.2, 0) is 0 Å². The summed E-state index contributed by atoms with van der Waals surface area (Å²) in [6.45, 7) is 4.13. The lowest BCUT2D eigenvalue weighted by Gasteiger charge is -2.04. The van der Waals surface area contributed by atoms with Crippen LogP contribution in [0.25, 0.3) is 0 Å². The molecule has 0 radical (unpaired) electrons. The number of hydrogen-bond acceptors (Lipinski definition) is 1. The van der Waals surface area contributed by atoms with Gasteiger partial charge in [0.15, 0.2) is 0 Å². The number of hydrogen-bond donors (Lipinski definition) is 1. The van der Waals surface area contributed by atoms with Gasteiger partial charge in [0, 0.05) is 0 Å². The first-order valence-corrected chi connectivity index (χ1v) is 3.05. The molecule has 1 aliphatic carbocycles. The number of allylic oxidation sites excluding steroid dienone is 1. The predicted molar refractivity (Wildman–Crippen MR) is 33.5 cm³/mol. The van der Waals surface area contributed by atoms with E-state index in [0.717, 1.165) is 6.42 Å². The number of aliphatic hydroxyl groups excluding tert-OH is 1. The van der Waals surface area contributed by atoms with Crippen molar-refractivity contribution in [1.29, 1.82) is 0 Å². The predicted octanol–water partition coefficient (Wildman–Crippen LogP) is 1.33. The van der Waals surface area contributed by atoms with E-state index in [0.29, 0.717) is 5.92 Å². The van der Waals surface area contributed by atoms with E-state index in [1.807, 2.05) is 6.08 Å². The van der Waals surface area contributed by atoms with Gasteiger partial charge in [-0.2, -0.15) is 0 Å². The molecule has 1 aliphatic rings. The fourth-order valence-electron chi connectivity index (χ4n) is 1.15. The number of aliphatic hydroxyl groups is 1. The first-order valence-electron chi connectivity index (χ1n) is 3.05. The largest absolute Gasteiger partial charge is 0.389 e. The highest BCUT2D eigenvalue weighted by atomic mass is 16.3. The van der Waals surface area contributed by atoms with Crippen molar-refractivity contribution in [2.24, 2.45) is 5.92 Å². The zero-order valence-electron chi connectivity index (χ0n) is 5.39. The molecule has 2 atom stereocenters. The van der Waals surface area contributed by atoms with Gasteiger partial charge in [0.1, 0.15) is 0 Å². The van der Waals surface area contributed by atoms with Crippen molar-refractivity contribution in [3.8, 4) is 0 Å².